The lowest BCUT2D eigenvalue weighted by Crippen LogP contribution is -2.27. The molecule has 1 aliphatic heterocycles. The smallest absolute Gasteiger partial charge is 0.255 e. The third kappa shape index (κ3) is 3.18. The maximum Gasteiger partial charge on any atom is 0.255 e. The van der Waals surface area contributed by atoms with E-state index in [2.05, 4.69) is 20.2 Å². The first-order valence-electron chi connectivity index (χ1n) is 9.97. The maximum absolute atomic E-state index is 12.8. The number of rotatable bonds is 4. The predicted molar refractivity (Wildman–Crippen MR) is 114 cm³/mol. The number of benzene rings is 1. The molecule has 0 aliphatic carbocycles. The monoisotopic (exact) mass is 399 g/mol. The quantitative estimate of drug-likeness (QED) is 0.562. The van der Waals surface area contributed by atoms with Gasteiger partial charge in [-0.1, -0.05) is 12.1 Å². The number of aromatic amines is 1. The molecule has 1 fully saturated rings. The Hall–Kier alpha value is -3.74. The number of para-hydroxylation sites is 1. The lowest BCUT2D eigenvalue weighted by Gasteiger charge is -2.15. The Morgan fingerprint density at radius 1 is 1.07 bits per heavy atom. The van der Waals surface area contributed by atoms with Crippen LogP contribution in [-0.2, 0) is 0 Å². The molecule has 1 aromatic carbocycles. The van der Waals surface area contributed by atoms with Crippen molar-refractivity contribution in [2.45, 2.75) is 12.8 Å². The number of ether oxygens (including phenoxy) is 1. The first-order chi connectivity index (χ1) is 14.7. The van der Waals surface area contributed by atoms with Crippen molar-refractivity contribution in [1.29, 1.82) is 0 Å². The summed E-state index contributed by atoms with van der Waals surface area (Å²) in [5.41, 5.74) is 4.68. The standard InChI is InChI=1S/C23H21N5O2/c1-30-20-7-3-2-6-18(20)21-19-11-16(14-25-22(19)27-26-21)15-10-17(13-24-12-15)23(29)28-8-4-5-9-28/h2-3,6-7,10-14H,4-5,8-9H2,1H3,(H,25,26,27). The molecule has 0 atom stereocenters. The van der Waals surface area contributed by atoms with Crippen LogP contribution in [0.1, 0.15) is 23.2 Å². The normalized spacial score (nSPS) is 13.7. The van der Waals surface area contributed by atoms with Crippen LogP contribution in [0.3, 0.4) is 0 Å². The van der Waals surface area contributed by atoms with Crippen molar-refractivity contribution in [3.05, 3.63) is 60.6 Å². The molecule has 150 valence electrons. The van der Waals surface area contributed by atoms with E-state index in [4.69, 9.17) is 4.74 Å². The number of hydrogen-bond acceptors (Lipinski definition) is 5. The summed E-state index contributed by atoms with van der Waals surface area (Å²) in [7, 11) is 1.64. The van der Waals surface area contributed by atoms with E-state index in [9.17, 15) is 4.79 Å². The Kier molecular flexibility index (Phi) is 4.63. The number of nitrogens with zero attached hydrogens (tertiary/aromatic N) is 4. The van der Waals surface area contributed by atoms with Crippen molar-refractivity contribution in [3.8, 4) is 28.1 Å². The molecule has 4 heterocycles. The molecule has 0 spiro atoms. The van der Waals surface area contributed by atoms with Crippen LogP contribution < -0.4 is 4.74 Å². The fourth-order valence-corrected chi connectivity index (χ4v) is 3.92. The van der Waals surface area contributed by atoms with Gasteiger partial charge in [-0.05, 0) is 37.1 Å². The topological polar surface area (TPSA) is 84.0 Å². The SMILES string of the molecule is COc1ccccc1-c1n[nH]c2ncc(-c3cncc(C(=O)N4CCCC4)c3)cc12. The van der Waals surface area contributed by atoms with E-state index in [0.717, 1.165) is 59.5 Å². The Balaban J connectivity index is 1.56. The van der Waals surface area contributed by atoms with Crippen molar-refractivity contribution >= 4 is 16.9 Å². The van der Waals surface area contributed by atoms with E-state index in [1.54, 1.807) is 25.7 Å². The van der Waals surface area contributed by atoms with Crippen LogP contribution in [0, 0.1) is 0 Å². The van der Waals surface area contributed by atoms with Crippen molar-refractivity contribution in [1.82, 2.24) is 25.1 Å². The second-order valence-electron chi connectivity index (χ2n) is 7.35. The number of carbonyl (C=O) groups is 1. The van der Waals surface area contributed by atoms with Gasteiger partial charge < -0.3 is 9.64 Å². The van der Waals surface area contributed by atoms with Gasteiger partial charge in [-0.15, -0.1) is 0 Å². The molecule has 7 heteroatoms. The van der Waals surface area contributed by atoms with Crippen LogP contribution in [0.2, 0.25) is 0 Å². The van der Waals surface area contributed by atoms with Crippen LogP contribution in [0.4, 0.5) is 0 Å². The Labute approximate surface area is 173 Å². The summed E-state index contributed by atoms with van der Waals surface area (Å²) in [4.78, 5) is 23.5. The van der Waals surface area contributed by atoms with Gasteiger partial charge in [0.25, 0.3) is 5.91 Å². The van der Waals surface area contributed by atoms with Crippen molar-refractivity contribution in [3.63, 3.8) is 0 Å². The number of fused-ring (bicyclic) bond motifs is 1. The van der Waals surface area contributed by atoms with Gasteiger partial charge in [0.1, 0.15) is 11.4 Å². The number of carbonyl (C=O) groups excluding carboxylic acids is 1. The summed E-state index contributed by atoms with van der Waals surface area (Å²) >= 11 is 0. The van der Waals surface area contributed by atoms with E-state index < -0.39 is 0 Å². The van der Waals surface area contributed by atoms with Crippen LogP contribution in [0.15, 0.2) is 55.0 Å². The fourth-order valence-electron chi connectivity index (χ4n) is 3.92. The first kappa shape index (κ1) is 18.3. The summed E-state index contributed by atoms with van der Waals surface area (Å²) in [5.74, 6) is 0.782. The molecule has 0 unspecified atom stereocenters. The minimum Gasteiger partial charge on any atom is -0.496 e. The molecule has 0 bridgehead atoms. The highest BCUT2D eigenvalue weighted by atomic mass is 16.5. The minimum absolute atomic E-state index is 0.0360. The summed E-state index contributed by atoms with van der Waals surface area (Å²) in [6, 6.07) is 11.7. The molecule has 1 amide bonds. The number of likely N-dealkylation sites (tertiary alicyclic amines) is 1. The Morgan fingerprint density at radius 2 is 1.87 bits per heavy atom. The van der Waals surface area contributed by atoms with E-state index in [1.165, 1.54) is 0 Å². The van der Waals surface area contributed by atoms with E-state index in [1.807, 2.05) is 41.3 Å². The van der Waals surface area contributed by atoms with Crippen molar-refractivity contribution in [2.75, 3.05) is 20.2 Å². The van der Waals surface area contributed by atoms with Crippen LogP contribution in [0.5, 0.6) is 5.75 Å². The molecule has 5 rings (SSSR count). The van der Waals surface area contributed by atoms with E-state index in [0.29, 0.717) is 11.2 Å². The summed E-state index contributed by atoms with van der Waals surface area (Å²) < 4.78 is 5.50. The van der Waals surface area contributed by atoms with E-state index >= 15 is 0 Å². The lowest BCUT2D eigenvalue weighted by atomic mass is 10.0. The molecule has 3 aromatic heterocycles. The van der Waals surface area contributed by atoms with Gasteiger partial charge in [0.2, 0.25) is 0 Å². The first-order valence-corrected chi connectivity index (χ1v) is 9.97. The molecule has 0 radical (unpaired) electrons. The maximum atomic E-state index is 12.8. The second-order valence-corrected chi connectivity index (χ2v) is 7.35. The van der Waals surface area contributed by atoms with Gasteiger partial charge in [-0.3, -0.25) is 14.9 Å². The molecule has 1 aliphatic rings. The molecule has 1 saturated heterocycles. The van der Waals surface area contributed by atoms with Crippen LogP contribution >= 0.6 is 0 Å². The molecule has 30 heavy (non-hydrogen) atoms. The van der Waals surface area contributed by atoms with Crippen molar-refractivity contribution in [2.24, 2.45) is 0 Å². The highest BCUT2D eigenvalue weighted by Gasteiger charge is 2.20. The average Bonchev–Trinajstić information content (AvgIpc) is 3.48. The average molecular weight is 399 g/mol. The molecule has 4 aromatic rings. The Bertz CT molecular complexity index is 1230. The number of aromatic nitrogens is 4. The number of nitrogens with one attached hydrogen (secondary N) is 1. The summed E-state index contributed by atoms with van der Waals surface area (Å²) in [6.45, 7) is 1.63. The number of pyridine rings is 2. The predicted octanol–water partition coefficient (Wildman–Crippen LogP) is 3.93. The zero-order valence-electron chi connectivity index (χ0n) is 16.6. The van der Waals surface area contributed by atoms with Gasteiger partial charge in [0.05, 0.1) is 12.7 Å². The lowest BCUT2D eigenvalue weighted by molar-refractivity contribution is 0.0792. The number of H-pyrrole nitrogens is 1. The third-order valence-corrected chi connectivity index (χ3v) is 5.49. The van der Waals surface area contributed by atoms with Crippen LogP contribution in [0.25, 0.3) is 33.4 Å². The minimum atomic E-state index is 0.0360. The third-order valence-electron chi connectivity index (χ3n) is 5.49. The van der Waals surface area contributed by atoms with Gasteiger partial charge in [-0.2, -0.15) is 5.10 Å². The largest absolute Gasteiger partial charge is 0.496 e. The number of hydrogen-bond donors (Lipinski definition) is 1. The van der Waals surface area contributed by atoms with Gasteiger partial charge in [-0.25, -0.2) is 4.98 Å². The van der Waals surface area contributed by atoms with Crippen molar-refractivity contribution < 1.29 is 9.53 Å². The van der Waals surface area contributed by atoms with Gasteiger partial charge in [0, 0.05) is 53.8 Å². The number of methoxy groups -OCH3 is 1. The van der Waals surface area contributed by atoms with E-state index in [-0.39, 0.29) is 5.91 Å². The van der Waals surface area contributed by atoms with Crippen LogP contribution in [-0.4, -0.2) is 51.2 Å². The molecular weight excluding hydrogens is 378 g/mol. The van der Waals surface area contributed by atoms with Gasteiger partial charge >= 0.3 is 0 Å². The zero-order chi connectivity index (χ0) is 20.5. The molecule has 1 N–H and O–H groups in total. The highest BCUT2D eigenvalue weighted by Crippen LogP contribution is 2.34. The Morgan fingerprint density at radius 3 is 2.70 bits per heavy atom. The summed E-state index contributed by atoms with van der Waals surface area (Å²) in [5, 5.41) is 8.34. The van der Waals surface area contributed by atoms with Gasteiger partial charge in [0.15, 0.2) is 5.65 Å². The number of amides is 1. The second kappa shape index (κ2) is 7.59. The molecule has 0 saturated carbocycles. The summed E-state index contributed by atoms with van der Waals surface area (Å²) in [6.07, 6.45) is 7.28. The fraction of sp³-hybridized carbons (Fsp3) is 0.217. The molecule has 7 nitrogen and oxygen atoms in total. The highest BCUT2D eigenvalue weighted by molar-refractivity contribution is 5.97. The molecular formula is C23H21N5O2. The zero-order valence-corrected chi connectivity index (χ0v) is 16.6.